The highest BCUT2D eigenvalue weighted by atomic mass is 15.1. The van der Waals surface area contributed by atoms with Gasteiger partial charge in [0.05, 0.1) is 19.6 Å². The topological polar surface area (TPSA) is 118 Å². The summed E-state index contributed by atoms with van der Waals surface area (Å²) in [5.74, 6) is 0. The Morgan fingerprint density at radius 1 is 0.500 bits per heavy atom. The van der Waals surface area contributed by atoms with Crippen molar-refractivity contribution in [2.24, 2.45) is 15.0 Å². The number of rotatable bonds is 12. The highest BCUT2D eigenvalue weighted by molar-refractivity contribution is 5.87. The van der Waals surface area contributed by atoms with Crippen LogP contribution in [-0.2, 0) is 0 Å². The van der Waals surface area contributed by atoms with Crippen LogP contribution in [0.2, 0.25) is 0 Å². The summed E-state index contributed by atoms with van der Waals surface area (Å²) < 4.78 is 0. The van der Waals surface area contributed by atoms with Gasteiger partial charge in [-0.2, -0.15) is 0 Å². The summed E-state index contributed by atoms with van der Waals surface area (Å²) in [6.07, 6.45) is 5.50. The zero-order valence-corrected chi connectivity index (χ0v) is 19.4. The van der Waals surface area contributed by atoms with E-state index in [-0.39, 0.29) is 0 Å². The van der Waals surface area contributed by atoms with E-state index in [1.807, 2.05) is 91.4 Å². The van der Waals surface area contributed by atoms with Gasteiger partial charge in [-0.15, -0.1) is 0 Å². The van der Waals surface area contributed by atoms with Gasteiger partial charge < -0.3 is 17.2 Å². The maximum atomic E-state index is 5.99. The van der Waals surface area contributed by atoms with Gasteiger partial charge in [-0.25, -0.2) is 0 Å². The van der Waals surface area contributed by atoms with Gasteiger partial charge in [0.1, 0.15) is 0 Å². The Bertz CT molecular complexity index is 980. The molecule has 0 atom stereocenters. The summed E-state index contributed by atoms with van der Waals surface area (Å²) in [4.78, 5) is 16.0. The van der Waals surface area contributed by atoms with Crippen LogP contribution in [0.3, 0.4) is 0 Å². The molecule has 0 fully saturated rings. The second-order valence-corrected chi connectivity index (χ2v) is 7.83. The molecule has 3 aromatic carbocycles. The number of para-hydroxylation sites is 3. The molecule has 6 N–H and O–H groups in total. The van der Waals surface area contributed by atoms with E-state index in [0.29, 0.717) is 19.6 Å². The predicted octanol–water partition coefficient (Wildman–Crippen LogP) is 3.39. The lowest BCUT2D eigenvalue weighted by molar-refractivity contribution is 0.298. The Labute approximate surface area is 201 Å². The van der Waals surface area contributed by atoms with Crippen LogP contribution in [0.1, 0.15) is 16.7 Å². The lowest BCUT2D eigenvalue weighted by atomic mass is 10.2. The monoisotopic (exact) mass is 455 g/mol. The first-order valence-corrected chi connectivity index (χ1v) is 11.4. The molecule has 0 spiro atoms. The number of hydrogen-bond donors (Lipinski definition) is 3. The largest absolute Gasteiger partial charge is 0.398 e. The third-order valence-corrected chi connectivity index (χ3v) is 5.32. The van der Waals surface area contributed by atoms with Gasteiger partial charge in [0.2, 0.25) is 0 Å². The number of nitrogens with zero attached hydrogens (tertiary/aromatic N) is 4. The second kappa shape index (κ2) is 13.5. The zero-order chi connectivity index (χ0) is 24.0. The van der Waals surface area contributed by atoms with Crippen molar-refractivity contribution in [1.29, 1.82) is 0 Å². The first kappa shape index (κ1) is 24.7. The van der Waals surface area contributed by atoms with E-state index in [4.69, 9.17) is 17.2 Å². The van der Waals surface area contributed by atoms with Gasteiger partial charge >= 0.3 is 0 Å². The SMILES string of the molecule is Nc1ccccc1C=NCCN(CCN=Cc1ccccc1N)CCN=Cc1ccccc1N. The maximum absolute atomic E-state index is 5.99. The molecular formula is C27H33N7. The minimum absolute atomic E-state index is 0.666. The van der Waals surface area contributed by atoms with E-state index in [1.165, 1.54) is 0 Å². The summed E-state index contributed by atoms with van der Waals surface area (Å²) in [5, 5.41) is 0. The molecule has 3 rings (SSSR count). The second-order valence-electron chi connectivity index (χ2n) is 7.83. The van der Waals surface area contributed by atoms with Crippen molar-refractivity contribution in [3.8, 4) is 0 Å². The predicted molar refractivity (Wildman–Crippen MR) is 146 cm³/mol. The van der Waals surface area contributed by atoms with E-state index in [1.54, 1.807) is 0 Å². The van der Waals surface area contributed by atoms with E-state index in [0.717, 1.165) is 53.4 Å². The van der Waals surface area contributed by atoms with Gasteiger partial charge in [0.25, 0.3) is 0 Å². The van der Waals surface area contributed by atoms with Crippen LogP contribution in [-0.4, -0.2) is 62.8 Å². The highest BCUT2D eigenvalue weighted by Crippen LogP contribution is 2.09. The normalized spacial score (nSPS) is 11.9. The molecule has 7 heteroatoms. The van der Waals surface area contributed by atoms with Crippen molar-refractivity contribution in [2.75, 3.05) is 56.5 Å². The number of nitrogens with two attached hydrogens (primary N) is 3. The Morgan fingerprint density at radius 3 is 1.09 bits per heavy atom. The Hall–Kier alpha value is -3.97. The molecule has 0 saturated heterocycles. The third-order valence-electron chi connectivity index (χ3n) is 5.32. The summed E-state index contributed by atoms with van der Waals surface area (Å²) in [6, 6.07) is 23.1. The van der Waals surface area contributed by atoms with Crippen LogP contribution < -0.4 is 17.2 Å². The summed E-state index contributed by atoms with van der Waals surface area (Å²) in [5.41, 5.74) is 23.0. The van der Waals surface area contributed by atoms with Crippen molar-refractivity contribution in [3.05, 3.63) is 89.5 Å². The number of aliphatic imine (C=N–C) groups is 3. The summed E-state index contributed by atoms with van der Waals surface area (Å²) >= 11 is 0. The van der Waals surface area contributed by atoms with Gasteiger partial charge in [-0.3, -0.25) is 19.9 Å². The molecule has 0 unspecified atom stereocenters. The van der Waals surface area contributed by atoms with Crippen LogP contribution in [0.25, 0.3) is 0 Å². The Kier molecular flexibility index (Phi) is 9.83. The standard InChI is InChI=1S/C27H33N7/c28-25-10-4-1-7-22(25)19-31-13-16-34(17-14-32-20-23-8-2-5-11-26(23)29)18-15-33-21-24-9-3-6-12-27(24)30/h1-12,19-21H,13-18,28-30H2. The van der Waals surface area contributed by atoms with Gasteiger partial charge in [0.15, 0.2) is 0 Å². The number of benzene rings is 3. The molecule has 0 heterocycles. The minimum atomic E-state index is 0.666. The van der Waals surface area contributed by atoms with Crippen molar-refractivity contribution in [1.82, 2.24) is 4.90 Å². The molecule has 0 aromatic heterocycles. The van der Waals surface area contributed by atoms with Crippen molar-refractivity contribution in [2.45, 2.75) is 0 Å². The van der Waals surface area contributed by atoms with Crippen LogP contribution in [0.15, 0.2) is 87.8 Å². The van der Waals surface area contributed by atoms with Crippen LogP contribution in [0, 0.1) is 0 Å². The van der Waals surface area contributed by atoms with E-state index in [2.05, 4.69) is 19.9 Å². The average molecular weight is 456 g/mol. The van der Waals surface area contributed by atoms with Gasteiger partial charge in [0, 0.05) is 72.0 Å². The molecule has 34 heavy (non-hydrogen) atoms. The van der Waals surface area contributed by atoms with E-state index in [9.17, 15) is 0 Å². The fourth-order valence-corrected chi connectivity index (χ4v) is 3.31. The molecule has 0 saturated carbocycles. The van der Waals surface area contributed by atoms with Gasteiger partial charge in [-0.1, -0.05) is 54.6 Å². The van der Waals surface area contributed by atoms with Crippen molar-refractivity contribution >= 4 is 35.7 Å². The summed E-state index contributed by atoms with van der Waals surface area (Å²) in [7, 11) is 0. The molecule has 0 bridgehead atoms. The Balaban J connectivity index is 1.54. The smallest absolute Gasteiger partial charge is 0.0517 e. The number of anilines is 3. The Morgan fingerprint density at radius 2 is 0.794 bits per heavy atom. The molecule has 0 amide bonds. The van der Waals surface area contributed by atoms with Crippen LogP contribution >= 0.6 is 0 Å². The molecule has 0 radical (unpaired) electrons. The summed E-state index contributed by atoms with van der Waals surface area (Å²) in [6.45, 7) is 4.40. The molecular weight excluding hydrogens is 422 g/mol. The molecule has 3 aromatic rings. The number of hydrogen-bond acceptors (Lipinski definition) is 7. The minimum Gasteiger partial charge on any atom is -0.398 e. The van der Waals surface area contributed by atoms with Crippen LogP contribution in [0.4, 0.5) is 17.1 Å². The van der Waals surface area contributed by atoms with Crippen LogP contribution in [0.5, 0.6) is 0 Å². The fraction of sp³-hybridized carbons (Fsp3) is 0.222. The van der Waals surface area contributed by atoms with E-state index < -0.39 is 0 Å². The van der Waals surface area contributed by atoms with E-state index >= 15 is 0 Å². The molecule has 0 aliphatic rings. The quantitative estimate of drug-likeness (QED) is 0.286. The lowest BCUT2D eigenvalue weighted by Crippen LogP contribution is -2.31. The maximum Gasteiger partial charge on any atom is 0.0517 e. The van der Waals surface area contributed by atoms with Crippen molar-refractivity contribution < 1.29 is 0 Å². The highest BCUT2D eigenvalue weighted by Gasteiger charge is 2.04. The first-order valence-electron chi connectivity index (χ1n) is 11.4. The first-order chi connectivity index (χ1) is 16.6. The average Bonchev–Trinajstić information content (AvgIpc) is 2.84. The van der Waals surface area contributed by atoms with Gasteiger partial charge in [-0.05, 0) is 18.2 Å². The number of nitrogen functional groups attached to an aromatic ring is 3. The fourth-order valence-electron chi connectivity index (χ4n) is 3.31. The lowest BCUT2D eigenvalue weighted by Gasteiger charge is -2.19. The molecule has 176 valence electrons. The molecule has 0 aliphatic heterocycles. The molecule has 0 aliphatic carbocycles. The van der Waals surface area contributed by atoms with Crippen molar-refractivity contribution in [3.63, 3.8) is 0 Å². The third kappa shape index (κ3) is 8.18. The zero-order valence-electron chi connectivity index (χ0n) is 19.4. The molecule has 7 nitrogen and oxygen atoms in total.